The first-order valence-corrected chi connectivity index (χ1v) is 6.29. The highest BCUT2D eigenvalue weighted by atomic mass is 16.1. The molecule has 0 spiro atoms. The molecule has 0 fully saturated rings. The molecule has 0 aliphatic heterocycles. The van der Waals surface area contributed by atoms with Gasteiger partial charge in [0.2, 0.25) is 0 Å². The number of aryl methyl sites for hydroxylation is 2. The quantitative estimate of drug-likeness (QED) is 0.632. The van der Waals surface area contributed by atoms with Crippen LogP contribution in [0, 0.1) is 6.92 Å². The molecular formula is C14H18N4O. The van der Waals surface area contributed by atoms with Crippen molar-refractivity contribution in [1.29, 1.82) is 0 Å². The van der Waals surface area contributed by atoms with Gasteiger partial charge in [0.25, 0.3) is 5.91 Å². The second kappa shape index (κ2) is 6.04. The van der Waals surface area contributed by atoms with Gasteiger partial charge in [-0.25, -0.2) is 0 Å². The van der Waals surface area contributed by atoms with Crippen LogP contribution in [0.4, 0.5) is 5.69 Å². The summed E-state index contributed by atoms with van der Waals surface area (Å²) in [6, 6.07) is 7.35. The summed E-state index contributed by atoms with van der Waals surface area (Å²) in [6.07, 6.45) is 4.48. The molecule has 19 heavy (non-hydrogen) atoms. The third kappa shape index (κ3) is 3.34. The molecule has 100 valence electrons. The average Bonchev–Trinajstić information content (AvgIpc) is 2.91. The minimum Gasteiger partial charge on any atom is -0.398 e. The molecule has 1 aromatic heterocycles. The van der Waals surface area contributed by atoms with Crippen LogP contribution in [-0.2, 0) is 6.54 Å². The van der Waals surface area contributed by atoms with E-state index in [1.54, 1.807) is 12.3 Å². The van der Waals surface area contributed by atoms with Crippen molar-refractivity contribution in [3.05, 3.63) is 47.8 Å². The lowest BCUT2D eigenvalue weighted by atomic mass is 10.1. The standard InChI is InChI=1S/C14H18N4O/c1-11-5-2-6-12(13(11)15)14(19)16-7-3-9-18-10-4-8-17-18/h2,4-6,8,10H,3,7,9,15H2,1H3,(H,16,19). The van der Waals surface area contributed by atoms with Crippen LogP contribution in [0.3, 0.4) is 0 Å². The van der Waals surface area contributed by atoms with Crippen molar-refractivity contribution in [2.24, 2.45) is 0 Å². The summed E-state index contributed by atoms with van der Waals surface area (Å²) in [5.41, 5.74) is 7.90. The second-order valence-corrected chi connectivity index (χ2v) is 4.41. The Bertz CT molecular complexity index is 549. The Hall–Kier alpha value is -2.30. The third-order valence-electron chi connectivity index (χ3n) is 2.98. The zero-order valence-electron chi connectivity index (χ0n) is 11.0. The fraction of sp³-hybridized carbons (Fsp3) is 0.286. The molecule has 2 rings (SSSR count). The highest BCUT2D eigenvalue weighted by molar-refractivity contribution is 5.99. The van der Waals surface area contributed by atoms with E-state index in [1.165, 1.54) is 0 Å². The number of carbonyl (C=O) groups excluding carboxylic acids is 1. The zero-order valence-corrected chi connectivity index (χ0v) is 11.0. The van der Waals surface area contributed by atoms with E-state index >= 15 is 0 Å². The van der Waals surface area contributed by atoms with Gasteiger partial charge < -0.3 is 11.1 Å². The molecule has 0 bridgehead atoms. The molecule has 0 aliphatic carbocycles. The van der Waals surface area contributed by atoms with Crippen molar-refractivity contribution >= 4 is 11.6 Å². The topological polar surface area (TPSA) is 72.9 Å². The van der Waals surface area contributed by atoms with Crippen LogP contribution < -0.4 is 11.1 Å². The van der Waals surface area contributed by atoms with E-state index in [2.05, 4.69) is 10.4 Å². The van der Waals surface area contributed by atoms with E-state index in [4.69, 9.17) is 5.73 Å². The van der Waals surface area contributed by atoms with Gasteiger partial charge in [0, 0.05) is 31.2 Å². The summed E-state index contributed by atoms with van der Waals surface area (Å²) < 4.78 is 1.84. The predicted octanol–water partition coefficient (Wildman–Crippen LogP) is 1.59. The number of anilines is 1. The van der Waals surface area contributed by atoms with Crippen LogP contribution in [0.2, 0.25) is 0 Å². The fourth-order valence-electron chi connectivity index (χ4n) is 1.85. The summed E-state index contributed by atoms with van der Waals surface area (Å²) in [7, 11) is 0. The maximum Gasteiger partial charge on any atom is 0.253 e. The summed E-state index contributed by atoms with van der Waals surface area (Å²) >= 11 is 0. The van der Waals surface area contributed by atoms with Crippen LogP contribution in [0.15, 0.2) is 36.7 Å². The molecule has 1 amide bonds. The lowest BCUT2D eigenvalue weighted by Gasteiger charge is -2.09. The molecule has 2 aromatic rings. The van der Waals surface area contributed by atoms with Crippen LogP contribution in [-0.4, -0.2) is 22.2 Å². The number of nitrogens with one attached hydrogen (secondary N) is 1. The van der Waals surface area contributed by atoms with Gasteiger partial charge in [0.1, 0.15) is 0 Å². The van der Waals surface area contributed by atoms with Crippen molar-refractivity contribution in [2.75, 3.05) is 12.3 Å². The number of nitrogen functional groups attached to an aromatic ring is 1. The van der Waals surface area contributed by atoms with E-state index in [-0.39, 0.29) is 5.91 Å². The normalized spacial score (nSPS) is 10.4. The van der Waals surface area contributed by atoms with Crippen LogP contribution in [0.25, 0.3) is 0 Å². The highest BCUT2D eigenvalue weighted by Crippen LogP contribution is 2.15. The Morgan fingerprint density at radius 3 is 3.00 bits per heavy atom. The molecule has 3 N–H and O–H groups in total. The second-order valence-electron chi connectivity index (χ2n) is 4.41. The number of para-hydroxylation sites is 1. The van der Waals surface area contributed by atoms with Gasteiger partial charge in [-0.05, 0) is 31.0 Å². The number of amides is 1. The lowest BCUT2D eigenvalue weighted by molar-refractivity contribution is 0.0953. The van der Waals surface area contributed by atoms with E-state index in [0.29, 0.717) is 17.8 Å². The molecule has 5 heteroatoms. The molecule has 0 radical (unpaired) electrons. The molecule has 0 saturated heterocycles. The van der Waals surface area contributed by atoms with Crippen LogP contribution >= 0.6 is 0 Å². The van der Waals surface area contributed by atoms with Gasteiger partial charge in [-0.1, -0.05) is 12.1 Å². The molecule has 1 aromatic carbocycles. The highest BCUT2D eigenvalue weighted by Gasteiger charge is 2.09. The molecule has 0 unspecified atom stereocenters. The van der Waals surface area contributed by atoms with Crippen molar-refractivity contribution in [1.82, 2.24) is 15.1 Å². The summed E-state index contributed by atoms with van der Waals surface area (Å²) in [6.45, 7) is 3.28. The first kappa shape index (κ1) is 13.1. The maximum absolute atomic E-state index is 12.0. The number of benzene rings is 1. The lowest BCUT2D eigenvalue weighted by Crippen LogP contribution is -2.26. The molecule has 5 nitrogen and oxygen atoms in total. The molecule has 0 aliphatic rings. The maximum atomic E-state index is 12.0. The van der Waals surface area contributed by atoms with Crippen molar-refractivity contribution in [2.45, 2.75) is 19.9 Å². The number of hydrogen-bond donors (Lipinski definition) is 2. The Morgan fingerprint density at radius 1 is 1.42 bits per heavy atom. The Balaban J connectivity index is 1.83. The van der Waals surface area contributed by atoms with Crippen LogP contribution in [0.5, 0.6) is 0 Å². The van der Waals surface area contributed by atoms with Crippen molar-refractivity contribution in [3.8, 4) is 0 Å². The van der Waals surface area contributed by atoms with Gasteiger partial charge in [0.05, 0.1) is 5.56 Å². The van der Waals surface area contributed by atoms with E-state index in [9.17, 15) is 4.79 Å². The zero-order chi connectivity index (χ0) is 13.7. The predicted molar refractivity (Wildman–Crippen MR) is 74.8 cm³/mol. The van der Waals surface area contributed by atoms with E-state index in [0.717, 1.165) is 18.5 Å². The van der Waals surface area contributed by atoms with E-state index in [1.807, 2.05) is 36.0 Å². The largest absolute Gasteiger partial charge is 0.398 e. The first-order chi connectivity index (χ1) is 9.18. The van der Waals surface area contributed by atoms with Gasteiger partial charge in [-0.3, -0.25) is 9.48 Å². The molecule has 1 heterocycles. The minimum absolute atomic E-state index is 0.123. The number of nitrogens with zero attached hydrogens (tertiary/aromatic N) is 2. The molecule has 0 saturated carbocycles. The van der Waals surface area contributed by atoms with Crippen LogP contribution in [0.1, 0.15) is 22.3 Å². The van der Waals surface area contributed by atoms with Gasteiger partial charge in [-0.2, -0.15) is 5.10 Å². The fourth-order valence-corrected chi connectivity index (χ4v) is 1.85. The number of rotatable bonds is 5. The average molecular weight is 258 g/mol. The van der Waals surface area contributed by atoms with Crippen molar-refractivity contribution < 1.29 is 4.79 Å². The number of aromatic nitrogens is 2. The van der Waals surface area contributed by atoms with Crippen molar-refractivity contribution in [3.63, 3.8) is 0 Å². The van der Waals surface area contributed by atoms with Gasteiger partial charge in [0.15, 0.2) is 0 Å². The number of hydrogen-bond acceptors (Lipinski definition) is 3. The van der Waals surface area contributed by atoms with E-state index < -0.39 is 0 Å². The Kier molecular flexibility index (Phi) is 4.18. The molecule has 0 atom stereocenters. The number of nitrogens with two attached hydrogens (primary N) is 1. The Labute approximate surface area is 112 Å². The minimum atomic E-state index is -0.123. The number of carbonyl (C=O) groups is 1. The van der Waals surface area contributed by atoms with Gasteiger partial charge in [-0.15, -0.1) is 0 Å². The summed E-state index contributed by atoms with van der Waals surface area (Å²) in [4.78, 5) is 12.0. The molecular weight excluding hydrogens is 240 g/mol. The summed E-state index contributed by atoms with van der Waals surface area (Å²) in [5.74, 6) is -0.123. The monoisotopic (exact) mass is 258 g/mol. The summed E-state index contributed by atoms with van der Waals surface area (Å²) in [5, 5.41) is 6.97. The smallest absolute Gasteiger partial charge is 0.253 e. The van der Waals surface area contributed by atoms with Gasteiger partial charge >= 0.3 is 0 Å². The Morgan fingerprint density at radius 2 is 2.26 bits per heavy atom. The third-order valence-corrected chi connectivity index (χ3v) is 2.98. The first-order valence-electron chi connectivity index (χ1n) is 6.29. The SMILES string of the molecule is Cc1cccc(C(=O)NCCCn2cccn2)c1N.